The molecule has 0 bridgehead atoms. The molecule has 0 aliphatic heterocycles. The van der Waals surface area contributed by atoms with Crippen molar-refractivity contribution < 1.29 is 22.4 Å². The fraction of sp³-hybridized carbons (Fsp3) is 0.364. The van der Waals surface area contributed by atoms with E-state index in [2.05, 4.69) is 15.5 Å². The van der Waals surface area contributed by atoms with Crippen LogP contribution in [0.15, 0.2) is 12.3 Å². The van der Waals surface area contributed by atoms with E-state index >= 15 is 0 Å². The first-order valence-corrected chi connectivity index (χ1v) is 6.29. The van der Waals surface area contributed by atoms with Crippen LogP contribution in [0.3, 0.4) is 0 Å². The van der Waals surface area contributed by atoms with Crippen LogP contribution in [0, 0.1) is 0 Å². The van der Waals surface area contributed by atoms with Crippen molar-refractivity contribution in [2.45, 2.75) is 19.4 Å². The molecule has 0 aromatic carbocycles. The minimum Gasteiger partial charge on any atom is -0.308 e. The molecule has 0 atom stereocenters. The standard InChI is InChI=1S/C11H10ClF4N5O/c1-20-3-2-5(18-20)17-6(22)4-21-9(11(15)16)7(12)8(19-21)10(13)14/h2-3,10-11H,4H2,1H3,(H,17,18,22). The summed E-state index contributed by atoms with van der Waals surface area (Å²) in [5.41, 5.74) is -1.91. The van der Waals surface area contributed by atoms with Crippen LogP contribution in [0.1, 0.15) is 24.2 Å². The van der Waals surface area contributed by atoms with Gasteiger partial charge in [-0.15, -0.1) is 0 Å². The molecule has 2 aromatic heterocycles. The number of hydrogen-bond donors (Lipinski definition) is 1. The molecular formula is C11H10ClF4N5O. The van der Waals surface area contributed by atoms with E-state index in [9.17, 15) is 22.4 Å². The highest BCUT2D eigenvalue weighted by Crippen LogP contribution is 2.34. The molecule has 1 amide bonds. The van der Waals surface area contributed by atoms with E-state index < -0.39 is 41.7 Å². The van der Waals surface area contributed by atoms with Gasteiger partial charge in [0.2, 0.25) is 5.91 Å². The van der Waals surface area contributed by atoms with Crippen LogP contribution < -0.4 is 5.32 Å². The van der Waals surface area contributed by atoms with Crippen molar-refractivity contribution >= 4 is 23.3 Å². The topological polar surface area (TPSA) is 64.7 Å². The van der Waals surface area contributed by atoms with Crippen molar-refractivity contribution in [1.29, 1.82) is 0 Å². The lowest BCUT2D eigenvalue weighted by Crippen LogP contribution is -2.21. The number of rotatable bonds is 5. The number of carbonyl (C=O) groups excluding carboxylic acids is 1. The Morgan fingerprint density at radius 3 is 2.50 bits per heavy atom. The Morgan fingerprint density at radius 2 is 2.00 bits per heavy atom. The number of hydrogen-bond acceptors (Lipinski definition) is 3. The van der Waals surface area contributed by atoms with Gasteiger partial charge in [-0.3, -0.25) is 14.2 Å². The van der Waals surface area contributed by atoms with E-state index in [4.69, 9.17) is 11.6 Å². The number of nitrogens with one attached hydrogen (secondary N) is 1. The molecule has 120 valence electrons. The maximum Gasteiger partial charge on any atom is 0.283 e. The second-order valence-electron chi connectivity index (χ2n) is 4.27. The molecule has 6 nitrogen and oxygen atoms in total. The summed E-state index contributed by atoms with van der Waals surface area (Å²) in [5, 5.41) is 8.64. The van der Waals surface area contributed by atoms with Crippen molar-refractivity contribution in [2.24, 2.45) is 7.05 Å². The highest BCUT2D eigenvalue weighted by Gasteiger charge is 2.28. The van der Waals surface area contributed by atoms with Crippen LogP contribution in [0.5, 0.6) is 0 Å². The maximum atomic E-state index is 12.9. The van der Waals surface area contributed by atoms with Gasteiger partial charge in [-0.25, -0.2) is 17.6 Å². The fourth-order valence-corrected chi connectivity index (χ4v) is 2.04. The Balaban J connectivity index is 2.21. The largest absolute Gasteiger partial charge is 0.308 e. The van der Waals surface area contributed by atoms with Crippen molar-refractivity contribution in [3.63, 3.8) is 0 Å². The van der Waals surface area contributed by atoms with Gasteiger partial charge in [0.25, 0.3) is 12.9 Å². The van der Waals surface area contributed by atoms with Gasteiger partial charge >= 0.3 is 0 Å². The number of carbonyl (C=O) groups is 1. The molecule has 2 rings (SSSR count). The summed E-state index contributed by atoms with van der Waals surface area (Å²) >= 11 is 5.48. The van der Waals surface area contributed by atoms with E-state index in [-0.39, 0.29) is 5.82 Å². The minimum absolute atomic E-state index is 0.193. The first-order chi connectivity index (χ1) is 10.3. The van der Waals surface area contributed by atoms with E-state index in [1.807, 2.05) is 0 Å². The van der Waals surface area contributed by atoms with Crippen molar-refractivity contribution in [3.05, 3.63) is 28.7 Å². The predicted octanol–water partition coefficient (Wildman–Crippen LogP) is 2.78. The van der Waals surface area contributed by atoms with E-state index in [0.717, 1.165) is 0 Å². The highest BCUT2D eigenvalue weighted by molar-refractivity contribution is 6.32. The molecule has 2 aromatic rings. The van der Waals surface area contributed by atoms with Crippen LogP contribution in [0.4, 0.5) is 23.4 Å². The summed E-state index contributed by atoms with van der Waals surface area (Å²) in [6, 6.07) is 1.48. The Morgan fingerprint density at radius 1 is 1.32 bits per heavy atom. The molecule has 22 heavy (non-hydrogen) atoms. The average molecular weight is 340 g/mol. The molecular weight excluding hydrogens is 330 g/mol. The van der Waals surface area contributed by atoms with Crippen LogP contribution in [-0.4, -0.2) is 25.5 Å². The third kappa shape index (κ3) is 3.38. The SMILES string of the molecule is Cn1ccc(NC(=O)Cn2nc(C(F)F)c(Cl)c2C(F)F)n1. The first-order valence-electron chi connectivity index (χ1n) is 5.91. The zero-order valence-corrected chi connectivity index (χ0v) is 11.9. The summed E-state index contributed by atoms with van der Waals surface area (Å²) in [6.07, 6.45) is -4.71. The van der Waals surface area contributed by atoms with Gasteiger partial charge < -0.3 is 5.32 Å². The molecule has 2 heterocycles. The molecule has 11 heteroatoms. The Kier molecular flexibility index (Phi) is 4.69. The number of nitrogens with zero attached hydrogens (tertiary/aromatic N) is 4. The number of alkyl halides is 4. The fourth-order valence-electron chi connectivity index (χ4n) is 1.74. The molecule has 0 saturated heterocycles. The van der Waals surface area contributed by atoms with Crippen LogP contribution in [-0.2, 0) is 18.4 Å². The Hall–Kier alpha value is -2.10. The normalized spacial score (nSPS) is 11.5. The van der Waals surface area contributed by atoms with Crippen molar-refractivity contribution in [3.8, 4) is 0 Å². The lowest BCUT2D eigenvalue weighted by molar-refractivity contribution is -0.117. The number of halogens is 5. The monoisotopic (exact) mass is 339 g/mol. The first kappa shape index (κ1) is 16.3. The van der Waals surface area contributed by atoms with Gasteiger partial charge in [-0.2, -0.15) is 10.2 Å². The summed E-state index contributed by atoms with van der Waals surface area (Å²) in [5.74, 6) is -0.556. The zero-order chi connectivity index (χ0) is 16.4. The van der Waals surface area contributed by atoms with Gasteiger partial charge in [-0.1, -0.05) is 11.6 Å². The third-order valence-corrected chi connectivity index (χ3v) is 3.03. The zero-order valence-electron chi connectivity index (χ0n) is 11.1. The number of amides is 1. The van der Waals surface area contributed by atoms with E-state index in [0.29, 0.717) is 4.68 Å². The molecule has 0 spiro atoms. The van der Waals surface area contributed by atoms with Crippen LogP contribution in [0.2, 0.25) is 5.02 Å². The highest BCUT2D eigenvalue weighted by atomic mass is 35.5. The minimum atomic E-state index is -3.14. The lowest BCUT2D eigenvalue weighted by atomic mass is 10.3. The van der Waals surface area contributed by atoms with Crippen LogP contribution in [0.25, 0.3) is 0 Å². The average Bonchev–Trinajstić information content (AvgIpc) is 2.93. The summed E-state index contributed by atoms with van der Waals surface area (Å²) in [4.78, 5) is 11.8. The van der Waals surface area contributed by atoms with E-state index in [1.165, 1.54) is 10.7 Å². The van der Waals surface area contributed by atoms with Crippen LogP contribution >= 0.6 is 11.6 Å². The quantitative estimate of drug-likeness (QED) is 0.852. The predicted molar refractivity (Wildman–Crippen MR) is 69.0 cm³/mol. The smallest absolute Gasteiger partial charge is 0.283 e. The second kappa shape index (κ2) is 6.34. The summed E-state index contributed by atoms with van der Waals surface area (Å²) < 4.78 is 53.0. The van der Waals surface area contributed by atoms with Crippen molar-refractivity contribution in [2.75, 3.05) is 5.32 Å². The molecule has 1 N–H and O–H groups in total. The molecule has 0 aliphatic rings. The van der Waals surface area contributed by atoms with Crippen molar-refractivity contribution in [1.82, 2.24) is 19.6 Å². The van der Waals surface area contributed by atoms with Gasteiger partial charge in [0.1, 0.15) is 17.9 Å². The van der Waals surface area contributed by atoms with E-state index in [1.54, 1.807) is 13.2 Å². The Bertz CT molecular complexity index is 684. The molecule has 0 saturated carbocycles. The second-order valence-corrected chi connectivity index (χ2v) is 4.64. The Labute approximate surface area is 126 Å². The maximum absolute atomic E-state index is 12.9. The summed E-state index contributed by atoms with van der Waals surface area (Å²) in [6.45, 7) is -0.692. The van der Waals surface area contributed by atoms with Gasteiger partial charge in [0.15, 0.2) is 5.82 Å². The van der Waals surface area contributed by atoms with Gasteiger partial charge in [0.05, 0.1) is 5.02 Å². The third-order valence-electron chi connectivity index (χ3n) is 2.64. The number of aromatic nitrogens is 4. The molecule has 0 unspecified atom stereocenters. The molecule has 0 fully saturated rings. The number of aryl methyl sites for hydroxylation is 1. The molecule has 0 radical (unpaired) electrons. The lowest BCUT2D eigenvalue weighted by Gasteiger charge is -2.06. The summed E-state index contributed by atoms with van der Waals surface area (Å²) in [7, 11) is 1.62. The molecule has 0 aliphatic carbocycles. The van der Waals surface area contributed by atoms with Gasteiger partial charge in [0, 0.05) is 19.3 Å². The number of anilines is 1. The van der Waals surface area contributed by atoms with Gasteiger partial charge in [-0.05, 0) is 0 Å².